The normalized spacial score (nSPS) is 12.9. The molecule has 1 unspecified atom stereocenters. The van der Waals surface area contributed by atoms with Crippen LogP contribution in [0.15, 0.2) is 24.3 Å². The van der Waals surface area contributed by atoms with Gasteiger partial charge in [-0.3, -0.25) is 4.79 Å². The second-order valence-electron chi connectivity index (χ2n) is 4.34. The predicted molar refractivity (Wildman–Crippen MR) is 63.4 cm³/mol. The monoisotopic (exact) mass is 235 g/mol. The van der Waals surface area contributed by atoms with E-state index in [1.807, 2.05) is 17.7 Å². The van der Waals surface area contributed by atoms with Gasteiger partial charge in [0.2, 0.25) is 0 Å². The van der Waals surface area contributed by atoms with Crippen molar-refractivity contribution in [1.82, 2.24) is 4.57 Å². The standard InChI is InChI=1S/C13H14FNO2/c1-8(13(16)17)5-11-7-9-6-10(14)3-4-12(9)15(11)2/h3-4,6-8H,5H2,1-2H3,(H,16,17). The van der Waals surface area contributed by atoms with Gasteiger partial charge < -0.3 is 9.67 Å². The third-order valence-electron chi connectivity index (χ3n) is 3.04. The first-order valence-corrected chi connectivity index (χ1v) is 5.45. The van der Waals surface area contributed by atoms with Crippen molar-refractivity contribution in [2.24, 2.45) is 13.0 Å². The van der Waals surface area contributed by atoms with Crippen LogP contribution in [0.25, 0.3) is 10.9 Å². The van der Waals surface area contributed by atoms with Crippen LogP contribution in [0.4, 0.5) is 4.39 Å². The molecule has 1 N–H and O–H groups in total. The van der Waals surface area contributed by atoms with Crippen LogP contribution < -0.4 is 0 Å². The zero-order valence-electron chi connectivity index (χ0n) is 9.77. The first-order chi connectivity index (χ1) is 7.99. The van der Waals surface area contributed by atoms with Gasteiger partial charge in [-0.1, -0.05) is 6.92 Å². The maximum atomic E-state index is 13.1. The van der Waals surface area contributed by atoms with Gasteiger partial charge in [-0.25, -0.2) is 4.39 Å². The Morgan fingerprint density at radius 1 is 1.47 bits per heavy atom. The van der Waals surface area contributed by atoms with E-state index in [0.29, 0.717) is 6.42 Å². The fourth-order valence-corrected chi connectivity index (χ4v) is 1.97. The molecule has 0 amide bonds. The Labute approximate surface area is 98.5 Å². The molecule has 0 bridgehead atoms. The first kappa shape index (κ1) is 11.6. The quantitative estimate of drug-likeness (QED) is 0.888. The lowest BCUT2D eigenvalue weighted by molar-refractivity contribution is -0.141. The summed E-state index contributed by atoms with van der Waals surface area (Å²) in [4.78, 5) is 10.8. The summed E-state index contributed by atoms with van der Waals surface area (Å²) in [6, 6.07) is 6.43. The second-order valence-corrected chi connectivity index (χ2v) is 4.34. The van der Waals surface area contributed by atoms with Gasteiger partial charge >= 0.3 is 5.97 Å². The van der Waals surface area contributed by atoms with Crippen molar-refractivity contribution in [3.8, 4) is 0 Å². The first-order valence-electron chi connectivity index (χ1n) is 5.45. The van der Waals surface area contributed by atoms with E-state index in [2.05, 4.69) is 0 Å². The zero-order chi connectivity index (χ0) is 12.6. The lowest BCUT2D eigenvalue weighted by atomic mass is 10.1. The van der Waals surface area contributed by atoms with Crippen LogP contribution in [-0.4, -0.2) is 15.6 Å². The molecule has 1 heterocycles. The van der Waals surface area contributed by atoms with Crippen molar-refractivity contribution in [2.45, 2.75) is 13.3 Å². The minimum atomic E-state index is -0.818. The van der Waals surface area contributed by atoms with Crippen LogP contribution in [0.2, 0.25) is 0 Å². The summed E-state index contributed by atoms with van der Waals surface area (Å²) in [5.41, 5.74) is 1.82. The van der Waals surface area contributed by atoms with E-state index >= 15 is 0 Å². The van der Waals surface area contributed by atoms with Gasteiger partial charge in [0, 0.05) is 30.1 Å². The molecule has 1 aromatic heterocycles. The highest BCUT2D eigenvalue weighted by Crippen LogP contribution is 2.21. The van der Waals surface area contributed by atoms with Crippen molar-refractivity contribution in [2.75, 3.05) is 0 Å². The van der Waals surface area contributed by atoms with Crippen LogP contribution in [0.5, 0.6) is 0 Å². The van der Waals surface area contributed by atoms with Crippen molar-refractivity contribution in [3.63, 3.8) is 0 Å². The molecule has 0 aliphatic heterocycles. The summed E-state index contributed by atoms with van der Waals surface area (Å²) in [7, 11) is 1.87. The molecule has 0 aliphatic carbocycles. The molecule has 1 aromatic carbocycles. The molecule has 0 saturated carbocycles. The minimum Gasteiger partial charge on any atom is -0.481 e. The summed E-state index contributed by atoms with van der Waals surface area (Å²) in [6.45, 7) is 1.67. The second kappa shape index (κ2) is 4.20. The van der Waals surface area contributed by atoms with Crippen molar-refractivity contribution < 1.29 is 14.3 Å². The highest BCUT2D eigenvalue weighted by Gasteiger charge is 2.15. The smallest absolute Gasteiger partial charge is 0.306 e. The number of hydrogen-bond donors (Lipinski definition) is 1. The van der Waals surface area contributed by atoms with Crippen LogP contribution in [0.3, 0.4) is 0 Å². The fourth-order valence-electron chi connectivity index (χ4n) is 1.97. The van der Waals surface area contributed by atoms with E-state index < -0.39 is 11.9 Å². The van der Waals surface area contributed by atoms with Gasteiger partial charge in [0.25, 0.3) is 0 Å². The molecule has 0 aliphatic rings. The summed E-state index contributed by atoms with van der Waals surface area (Å²) >= 11 is 0. The molecular formula is C13H14FNO2. The molecule has 2 aromatic rings. The van der Waals surface area contributed by atoms with Crippen LogP contribution in [-0.2, 0) is 18.3 Å². The molecule has 3 nitrogen and oxygen atoms in total. The number of fused-ring (bicyclic) bond motifs is 1. The van der Waals surface area contributed by atoms with Gasteiger partial charge in [0.15, 0.2) is 0 Å². The highest BCUT2D eigenvalue weighted by molar-refractivity contribution is 5.81. The summed E-state index contributed by atoms with van der Waals surface area (Å²) < 4.78 is 15.0. The molecule has 90 valence electrons. The number of carboxylic acid groups (broad SMARTS) is 1. The zero-order valence-corrected chi connectivity index (χ0v) is 9.77. The predicted octanol–water partition coefficient (Wildman–Crippen LogP) is 2.58. The van der Waals surface area contributed by atoms with Crippen LogP contribution in [0, 0.1) is 11.7 Å². The Kier molecular flexibility index (Phi) is 2.88. The fraction of sp³-hybridized carbons (Fsp3) is 0.308. The summed E-state index contributed by atoms with van der Waals surface area (Å²) in [5, 5.41) is 9.69. The number of rotatable bonds is 3. The number of aromatic nitrogens is 1. The Bertz CT molecular complexity index is 574. The molecule has 1 atom stereocenters. The van der Waals surface area contributed by atoms with Gasteiger partial charge in [0.05, 0.1) is 5.92 Å². The average molecular weight is 235 g/mol. The van der Waals surface area contributed by atoms with E-state index in [1.165, 1.54) is 12.1 Å². The maximum Gasteiger partial charge on any atom is 0.306 e. The third-order valence-corrected chi connectivity index (χ3v) is 3.04. The molecule has 0 saturated heterocycles. The molecule has 0 fully saturated rings. The Morgan fingerprint density at radius 3 is 2.82 bits per heavy atom. The number of carboxylic acids is 1. The summed E-state index contributed by atoms with van der Waals surface area (Å²) in [5.74, 6) is -1.54. The lowest BCUT2D eigenvalue weighted by Crippen LogP contribution is -2.13. The van der Waals surface area contributed by atoms with Crippen molar-refractivity contribution in [1.29, 1.82) is 0 Å². The third kappa shape index (κ3) is 2.16. The molecular weight excluding hydrogens is 221 g/mol. The molecule has 17 heavy (non-hydrogen) atoms. The molecule has 0 radical (unpaired) electrons. The van der Waals surface area contributed by atoms with Gasteiger partial charge in [-0.15, -0.1) is 0 Å². The summed E-state index contributed by atoms with van der Waals surface area (Å²) in [6.07, 6.45) is 0.447. The maximum absolute atomic E-state index is 13.1. The lowest BCUT2D eigenvalue weighted by Gasteiger charge is -2.07. The number of carbonyl (C=O) groups is 1. The average Bonchev–Trinajstić information content (AvgIpc) is 2.55. The largest absolute Gasteiger partial charge is 0.481 e. The van der Waals surface area contributed by atoms with Gasteiger partial charge in [-0.2, -0.15) is 0 Å². The van der Waals surface area contributed by atoms with E-state index in [9.17, 15) is 9.18 Å². The van der Waals surface area contributed by atoms with E-state index in [1.54, 1.807) is 13.0 Å². The highest BCUT2D eigenvalue weighted by atomic mass is 19.1. The van der Waals surface area contributed by atoms with Crippen molar-refractivity contribution >= 4 is 16.9 Å². The Morgan fingerprint density at radius 2 is 2.18 bits per heavy atom. The van der Waals surface area contributed by atoms with E-state index in [-0.39, 0.29) is 5.82 Å². The number of halogens is 1. The van der Waals surface area contributed by atoms with E-state index in [0.717, 1.165) is 16.6 Å². The Balaban J connectivity index is 2.42. The molecule has 2 rings (SSSR count). The van der Waals surface area contributed by atoms with E-state index in [4.69, 9.17) is 5.11 Å². The molecule has 0 spiro atoms. The van der Waals surface area contributed by atoms with Crippen LogP contribution >= 0.6 is 0 Å². The van der Waals surface area contributed by atoms with Crippen LogP contribution in [0.1, 0.15) is 12.6 Å². The number of benzene rings is 1. The SMILES string of the molecule is CC(Cc1cc2cc(F)ccc2n1C)C(=O)O. The Hall–Kier alpha value is -1.84. The van der Waals surface area contributed by atoms with Gasteiger partial charge in [0.1, 0.15) is 5.82 Å². The van der Waals surface area contributed by atoms with Crippen molar-refractivity contribution in [3.05, 3.63) is 35.8 Å². The number of hydrogen-bond acceptors (Lipinski definition) is 1. The topological polar surface area (TPSA) is 42.2 Å². The molecule has 4 heteroatoms. The van der Waals surface area contributed by atoms with Gasteiger partial charge in [-0.05, 0) is 24.3 Å². The number of aliphatic carboxylic acids is 1. The number of aryl methyl sites for hydroxylation is 1. The minimum absolute atomic E-state index is 0.277. The number of nitrogens with zero attached hydrogens (tertiary/aromatic N) is 1.